The molecule has 1 aromatic carbocycles. The smallest absolute Gasteiger partial charge is 0.213 e. The van der Waals surface area contributed by atoms with E-state index in [1.54, 1.807) is 12.1 Å². The highest BCUT2D eigenvalue weighted by Crippen LogP contribution is 2.10. The van der Waals surface area contributed by atoms with Gasteiger partial charge in [-0.1, -0.05) is 25.1 Å². The van der Waals surface area contributed by atoms with Crippen LogP contribution in [0, 0.1) is 5.95 Å². The van der Waals surface area contributed by atoms with E-state index in [1.807, 2.05) is 25.1 Å². The zero-order valence-electron chi connectivity index (χ0n) is 10.2. The molecule has 1 aromatic heterocycles. The summed E-state index contributed by atoms with van der Waals surface area (Å²) in [5.74, 6) is -0.557. The highest BCUT2D eigenvalue weighted by Gasteiger charge is 2.08. The summed E-state index contributed by atoms with van der Waals surface area (Å²) in [6.07, 6.45) is 2.47. The molecule has 0 spiro atoms. The number of aryl methyl sites for hydroxylation is 1. The van der Waals surface area contributed by atoms with Crippen LogP contribution in [0.1, 0.15) is 28.4 Å². The highest BCUT2D eigenvalue weighted by molar-refractivity contribution is 5.97. The maximum atomic E-state index is 12.9. The van der Waals surface area contributed by atoms with Gasteiger partial charge in [-0.15, -0.1) is 0 Å². The normalized spacial score (nSPS) is 10.3. The monoisotopic (exact) mass is 243 g/mol. The number of hydrogen-bond donors (Lipinski definition) is 0. The molecule has 2 aromatic rings. The van der Waals surface area contributed by atoms with Crippen LogP contribution in [0.15, 0.2) is 42.6 Å². The first-order valence-electron chi connectivity index (χ1n) is 5.91. The molecule has 1 heterocycles. The predicted octanol–water partition coefficient (Wildman–Crippen LogP) is 3.21. The fourth-order valence-corrected chi connectivity index (χ4v) is 1.80. The molecule has 92 valence electrons. The fraction of sp³-hybridized carbons (Fsp3) is 0.200. The molecule has 2 rings (SSSR count). The van der Waals surface area contributed by atoms with Crippen LogP contribution in [0.5, 0.6) is 0 Å². The molecule has 0 fully saturated rings. The second-order valence-electron chi connectivity index (χ2n) is 4.14. The van der Waals surface area contributed by atoms with Crippen molar-refractivity contribution in [3.63, 3.8) is 0 Å². The Hall–Kier alpha value is -2.03. The molecule has 0 radical (unpaired) electrons. The molecule has 0 atom stereocenters. The van der Waals surface area contributed by atoms with Crippen LogP contribution in [0.25, 0.3) is 0 Å². The van der Waals surface area contributed by atoms with Gasteiger partial charge >= 0.3 is 0 Å². The average Bonchev–Trinajstić information content (AvgIpc) is 2.39. The van der Waals surface area contributed by atoms with Gasteiger partial charge in [-0.25, -0.2) is 4.98 Å². The van der Waals surface area contributed by atoms with Crippen LogP contribution >= 0.6 is 0 Å². The Balaban J connectivity index is 2.16. The number of hydrogen-bond acceptors (Lipinski definition) is 2. The highest BCUT2D eigenvalue weighted by atomic mass is 19.1. The molecule has 2 nitrogen and oxygen atoms in total. The standard InChI is InChI=1S/C15H14FNO/c1-2-11-4-3-5-13(8-11)14(18)9-12-6-7-17-15(16)10-12/h3-8,10H,2,9H2,1H3. The van der Waals surface area contributed by atoms with E-state index in [4.69, 9.17) is 0 Å². The van der Waals surface area contributed by atoms with E-state index in [0.717, 1.165) is 12.0 Å². The molecule has 0 aliphatic heterocycles. The number of halogens is 1. The summed E-state index contributed by atoms with van der Waals surface area (Å²) < 4.78 is 12.9. The molecule has 18 heavy (non-hydrogen) atoms. The van der Waals surface area contributed by atoms with Crippen LogP contribution in [-0.2, 0) is 12.8 Å². The molecule has 0 unspecified atom stereocenters. The Bertz CT molecular complexity index is 566. The molecule has 0 saturated carbocycles. The van der Waals surface area contributed by atoms with Crippen LogP contribution in [0.4, 0.5) is 4.39 Å². The van der Waals surface area contributed by atoms with Crippen molar-refractivity contribution in [1.82, 2.24) is 4.98 Å². The number of benzene rings is 1. The van der Waals surface area contributed by atoms with Crippen LogP contribution in [-0.4, -0.2) is 10.8 Å². The Kier molecular flexibility index (Phi) is 3.82. The number of rotatable bonds is 4. The number of carbonyl (C=O) groups is 1. The second kappa shape index (κ2) is 5.54. The average molecular weight is 243 g/mol. The van der Waals surface area contributed by atoms with Crippen molar-refractivity contribution in [3.05, 3.63) is 65.2 Å². The summed E-state index contributed by atoms with van der Waals surface area (Å²) in [6, 6.07) is 10.5. The van der Waals surface area contributed by atoms with Gasteiger partial charge < -0.3 is 0 Å². The summed E-state index contributed by atoms with van der Waals surface area (Å²) in [4.78, 5) is 15.5. The van der Waals surface area contributed by atoms with Crippen molar-refractivity contribution < 1.29 is 9.18 Å². The second-order valence-corrected chi connectivity index (χ2v) is 4.14. The van der Waals surface area contributed by atoms with E-state index in [2.05, 4.69) is 4.98 Å². The quantitative estimate of drug-likeness (QED) is 0.609. The molecule has 0 saturated heterocycles. The number of pyridine rings is 1. The summed E-state index contributed by atoms with van der Waals surface area (Å²) in [5, 5.41) is 0. The van der Waals surface area contributed by atoms with Crippen molar-refractivity contribution in [2.75, 3.05) is 0 Å². The zero-order chi connectivity index (χ0) is 13.0. The van der Waals surface area contributed by atoms with E-state index in [9.17, 15) is 9.18 Å². The van der Waals surface area contributed by atoms with Crippen molar-refractivity contribution in [2.24, 2.45) is 0 Å². The minimum Gasteiger partial charge on any atom is -0.294 e. The Labute approximate surface area is 105 Å². The largest absolute Gasteiger partial charge is 0.294 e. The van der Waals surface area contributed by atoms with Crippen molar-refractivity contribution >= 4 is 5.78 Å². The topological polar surface area (TPSA) is 30.0 Å². The third kappa shape index (κ3) is 3.00. The summed E-state index contributed by atoms with van der Waals surface area (Å²) in [6.45, 7) is 2.04. The molecular weight excluding hydrogens is 229 g/mol. The van der Waals surface area contributed by atoms with Crippen LogP contribution in [0.3, 0.4) is 0 Å². The Morgan fingerprint density at radius 2 is 2.06 bits per heavy atom. The lowest BCUT2D eigenvalue weighted by molar-refractivity contribution is 0.0993. The Morgan fingerprint density at radius 1 is 1.22 bits per heavy atom. The summed E-state index contributed by atoms with van der Waals surface area (Å²) >= 11 is 0. The number of nitrogens with zero attached hydrogens (tertiary/aromatic N) is 1. The minimum absolute atomic E-state index is 0.00380. The number of Topliss-reactive ketones (excluding diaryl/α,β-unsaturated/α-hetero) is 1. The van der Waals surface area contributed by atoms with Gasteiger partial charge in [0.25, 0.3) is 0 Å². The van der Waals surface area contributed by atoms with Crippen molar-refractivity contribution in [2.45, 2.75) is 19.8 Å². The first-order valence-corrected chi connectivity index (χ1v) is 5.91. The molecular formula is C15H14FNO. The lowest BCUT2D eigenvalue weighted by Crippen LogP contribution is -2.04. The van der Waals surface area contributed by atoms with Gasteiger partial charge in [-0.05, 0) is 35.7 Å². The lowest BCUT2D eigenvalue weighted by atomic mass is 10.0. The van der Waals surface area contributed by atoms with Gasteiger partial charge in [0.1, 0.15) is 0 Å². The van der Waals surface area contributed by atoms with Crippen molar-refractivity contribution in [1.29, 1.82) is 0 Å². The zero-order valence-corrected chi connectivity index (χ0v) is 10.2. The van der Waals surface area contributed by atoms with E-state index in [0.29, 0.717) is 11.1 Å². The maximum Gasteiger partial charge on any atom is 0.213 e. The van der Waals surface area contributed by atoms with Gasteiger partial charge in [-0.3, -0.25) is 4.79 Å². The number of ketones is 1. The van der Waals surface area contributed by atoms with Gasteiger partial charge in [0, 0.05) is 18.2 Å². The molecule has 0 bridgehead atoms. The molecule has 3 heteroatoms. The van der Waals surface area contributed by atoms with Crippen LogP contribution < -0.4 is 0 Å². The summed E-state index contributed by atoms with van der Waals surface area (Å²) in [5.41, 5.74) is 2.45. The first-order chi connectivity index (χ1) is 8.69. The van der Waals surface area contributed by atoms with Gasteiger partial charge in [0.05, 0.1) is 0 Å². The number of aromatic nitrogens is 1. The van der Waals surface area contributed by atoms with Gasteiger partial charge in [0.15, 0.2) is 5.78 Å². The minimum atomic E-state index is -0.553. The van der Waals surface area contributed by atoms with Crippen LogP contribution in [0.2, 0.25) is 0 Å². The van der Waals surface area contributed by atoms with E-state index in [1.165, 1.54) is 12.3 Å². The van der Waals surface area contributed by atoms with Gasteiger partial charge in [-0.2, -0.15) is 4.39 Å². The fourth-order valence-electron chi connectivity index (χ4n) is 1.80. The molecule has 0 amide bonds. The van der Waals surface area contributed by atoms with Gasteiger partial charge in [0.2, 0.25) is 5.95 Å². The third-order valence-electron chi connectivity index (χ3n) is 2.81. The SMILES string of the molecule is CCc1cccc(C(=O)Cc2ccnc(F)c2)c1. The molecule has 0 aliphatic rings. The molecule has 0 N–H and O–H groups in total. The molecule has 0 aliphatic carbocycles. The maximum absolute atomic E-state index is 12.9. The summed E-state index contributed by atoms with van der Waals surface area (Å²) in [7, 11) is 0. The van der Waals surface area contributed by atoms with E-state index < -0.39 is 5.95 Å². The van der Waals surface area contributed by atoms with E-state index in [-0.39, 0.29) is 12.2 Å². The Morgan fingerprint density at radius 3 is 2.78 bits per heavy atom. The van der Waals surface area contributed by atoms with E-state index >= 15 is 0 Å². The van der Waals surface area contributed by atoms with Crippen molar-refractivity contribution in [3.8, 4) is 0 Å². The third-order valence-corrected chi connectivity index (χ3v) is 2.81. The lowest BCUT2D eigenvalue weighted by Gasteiger charge is -2.03. The number of carbonyl (C=O) groups excluding carboxylic acids is 1. The first kappa shape index (κ1) is 12.4. The predicted molar refractivity (Wildman–Crippen MR) is 68.0 cm³/mol.